The van der Waals surface area contributed by atoms with Crippen LogP contribution >= 0.6 is 0 Å². The SMILES string of the molecule is O=C(Cc1c(F)cccc1F)N1C[C@@H]2CCN[C@@H]2C1. The van der Waals surface area contributed by atoms with Crippen molar-refractivity contribution in [3.8, 4) is 0 Å². The van der Waals surface area contributed by atoms with Gasteiger partial charge in [0.25, 0.3) is 0 Å². The summed E-state index contributed by atoms with van der Waals surface area (Å²) in [4.78, 5) is 13.8. The van der Waals surface area contributed by atoms with Crippen LogP contribution in [0.5, 0.6) is 0 Å². The van der Waals surface area contributed by atoms with Crippen molar-refractivity contribution in [2.45, 2.75) is 18.9 Å². The number of carbonyl (C=O) groups excluding carboxylic acids is 1. The van der Waals surface area contributed by atoms with Crippen LogP contribution in [0.3, 0.4) is 0 Å². The van der Waals surface area contributed by atoms with E-state index in [1.807, 2.05) is 0 Å². The van der Waals surface area contributed by atoms with E-state index >= 15 is 0 Å². The minimum atomic E-state index is -0.647. The van der Waals surface area contributed by atoms with Crippen LogP contribution in [0, 0.1) is 17.6 Å². The number of likely N-dealkylation sites (tertiary alicyclic amines) is 1. The predicted octanol–water partition coefficient (Wildman–Crippen LogP) is 1.33. The first-order chi connectivity index (χ1) is 9.15. The highest BCUT2D eigenvalue weighted by Gasteiger charge is 2.37. The van der Waals surface area contributed by atoms with Crippen LogP contribution < -0.4 is 5.32 Å². The van der Waals surface area contributed by atoms with Gasteiger partial charge in [0.05, 0.1) is 6.42 Å². The molecule has 1 amide bonds. The van der Waals surface area contributed by atoms with Gasteiger partial charge in [0.2, 0.25) is 5.91 Å². The minimum absolute atomic E-state index is 0.127. The highest BCUT2D eigenvalue weighted by atomic mass is 19.1. The molecule has 19 heavy (non-hydrogen) atoms. The lowest BCUT2D eigenvalue weighted by atomic mass is 10.1. The summed E-state index contributed by atoms with van der Waals surface area (Å²) in [6.45, 7) is 2.35. The lowest BCUT2D eigenvalue weighted by Gasteiger charge is -2.17. The first kappa shape index (κ1) is 12.5. The number of fused-ring (bicyclic) bond motifs is 1. The molecule has 2 aliphatic heterocycles. The van der Waals surface area contributed by atoms with Gasteiger partial charge in [-0.3, -0.25) is 4.79 Å². The maximum atomic E-state index is 13.5. The number of nitrogens with one attached hydrogen (secondary N) is 1. The van der Waals surface area contributed by atoms with Crippen molar-refractivity contribution >= 4 is 5.91 Å². The summed E-state index contributed by atoms with van der Waals surface area (Å²) < 4.78 is 27.0. The van der Waals surface area contributed by atoms with E-state index in [2.05, 4.69) is 5.32 Å². The van der Waals surface area contributed by atoms with Gasteiger partial charge in [-0.25, -0.2) is 8.78 Å². The molecule has 0 bridgehead atoms. The number of rotatable bonds is 2. The molecule has 3 rings (SSSR count). The van der Waals surface area contributed by atoms with Crippen molar-refractivity contribution in [1.29, 1.82) is 0 Å². The minimum Gasteiger partial charge on any atom is -0.340 e. The maximum absolute atomic E-state index is 13.5. The Balaban J connectivity index is 1.69. The number of hydrogen-bond acceptors (Lipinski definition) is 2. The van der Waals surface area contributed by atoms with Crippen LogP contribution in [0.4, 0.5) is 8.78 Å². The van der Waals surface area contributed by atoms with Crippen LogP contribution in [-0.4, -0.2) is 36.5 Å². The lowest BCUT2D eigenvalue weighted by Crippen LogP contribution is -2.35. The quantitative estimate of drug-likeness (QED) is 0.876. The molecule has 0 aromatic heterocycles. The van der Waals surface area contributed by atoms with Gasteiger partial charge in [0.15, 0.2) is 0 Å². The van der Waals surface area contributed by atoms with E-state index in [0.29, 0.717) is 25.0 Å². The molecular weight excluding hydrogens is 250 g/mol. The van der Waals surface area contributed by atoms with Gasteiger partial charge in [-0.15, -0.1) is 0 Å². The molecule has 1 aromatic carbocycles. The molecule has 1 N–H and O–H groups in total. The van der Waals surface area contributed by atoms with Gasteiger partial charge in [0, 0.05) is 24.7 Å². The van der Waals surface area contributed by atoms with E-state index in [0.717, 1.165) is 13.0 Å². The zero-order valence-electron chi connectivity index (χ0n) is 10.5. The summed E-state index contributed by atoms with van der Waals surface area (Å²) in [7, 11) is 0. The smallest absolute Gasteiger partial charge is 0.227 e. The number of hydrogen-bond donors (Lipinski definition) is 1. The molecule has 2 heterocycles. The Bertz CT molecular complexity index is 474. The Hall–Kier alpha value is -1.49. The Morgan fingerprint density at radius 1 is 1.32 bits per heavy atom. The molecule has 5 heteroatoms. The zero-order chi connectivity index (χ0) is 13.4. The average molecular weight is 266 g/mol. The second-order valence-corrected chi connectivity index (χ2v) is 5.29. The molecule has 2 saturated heterocycles. The Morgan fingerprint density at radius 3 is 2.74 bits per heavy atom. The van der Waals surface area contributed by atoms with Crippen molar-refractivity contribution in [1.82, 2.24) is 10.2 Å². The molecule has 0 radical (unpaired) electrons. The molecule has 2 atom stereocenters. The van der Waals surface area contributed by atoms with Crippen molar-refractivity contribution in [3.05, 3.63) is 35.4 Å². The summed E-state index contributed by atoms with van der Waals surface area (Å²) in [5.41, 5.74) is -0.127. The van der Waals surface area contributed by atoms with E-state index in [-0.39, 0.29) is 17.9 Å². The highest BCUT2D eigenvalue weighted by Crippen LogP contribution is 2.25. The van der Waals surface area contributed by atoms with Gasteiger partial charge in [-0.2, -0.15) is 0 Å². The molecule has 0 aliphatic carbocycles. The average Bonchev–Trinajstić information content (AvgIpc) is 2.94. The van der Waals surface area contributed by atoms with Crippen LogP contribution in [0.2, 0.25) is 0 Å². The molecule has 2 fully saturated rings. The fourth-order valence-corrected chi connectivity index (χ4v) is 3.02. The van der Waals surface area contributed by atoms with Crippen molar-refractivity contribution < 1.29 is 13.6 Å². The first-order valence-corrected chi connectivity index (χ1v) is 6.59. The van der Waals surface area contributed by atoms with E-state index in [1.165, 1.54) is 18.2 Å². The third-order valence-corrected chi connectivity index (χ3v) is 4.11. The Kier molecular flexibility index (Phi) is 3.22. The summed E-state index contributed by atoms with van der Waals surface area (Å²) in [5, 5.41) is 3.35. The lowest BCUT2D eigenvalue weighted by molar-refractivity contribution is -0.129. The van der Waals surface area contributed by atoms with Crippen LogP contribution in [-0.2, 0) is 11.2 Å². The fourth-order valence-electron chi connectivity index (χ4n) is 3.02. The molecule has 0 saturated carbocycles. The molecule has 1 aromatic rings. The van der Waals surface area contributed by atoms with Crippen LogP contribution in [0.25, 0.3) is 0 Å². The van der Waals surface area contributed by atoms with Crippen LogP contribution in [0.1, 0.15) is 12.0 Å². The van der Waals surface area contributed by atoms with Gasteiger partial charge < -0.3 is 10.2 Å². The van der Waals surface area contributed by atoms with Gasteiger partial charge >= 0.3 is 0 Å². The third-order valence-electron chi connectivity index (χ3n) is 4.11. The topological polar surface area (TPSA) is 32.3 Å². The summed E-state index contributed by atoms with van der Waals surface area (Å²) >= 11 is 0. The second kappa shape index (κ2) is 4.89. The highest BCUT2D eigenvalue weighted by molar-refractivity contribution is 5.79. The molecule has 0 spiro atoms. The normalized spacial score (nSPS) is 25.7. The number of amides is 1. The molecule has 3 nitrogen and oxygen atoms in total. The molecule has 102 valence electrons. The van der Waals surface area contributed by atoms with E-state index < -0.39 is 11.6 Å². The number of carbonyl (C=O) groups is 1. The standard InChI is InChI=1S/C14H16F2N2O/c15-11-2-1-3-12(16)10(11)6-14(19)18-7-9-4-5-17-13(9)8-18/h1-3,9,13,17H,4-8H2/t9-,13+/m0/s1. The number of halogens is 2. The van der Waals surface area contributed by atoms with Crippen molar-refractivity contribution in [2.75, 3.05) is 19.6 Å². The largest absolute Gasteiger partial charge is 0.340 e. The first-order valence-electron chi connectivity index (χ1n) is 6.59. The molecule has 0 unspecified atom stereocenters. The monoisotopic (exact) mass is 266 g/mol. The second-order valence-electron chi connectivity index (χ2n) is 5.29. The third kappa shape index (κ3) is 2.34. The molecule has 2 aliphatic rings. The predicted molar refractivity (Wildman–Crippen MR) is 66.5 cm³/mol. The van der Waals surface area contributed by atoms with Gasteiger partial charge in [0.1, 0.15) is 11.6 Å². The van der Waals surface area contributed by atoms with Crippen molar-refractivity contribution in [3.63, 3.8) is 0 Å². The maximum Gasteiger partial charge on any atom is 0.227 e. The van der Waals surface area contributed by atoms with E-state index in [4.69, 9.17) is 0 Å². The van der Waals surface area contributed by atoms with Crippen molar-refractivity contribution in [2.24, 2.45) is 5.92 Å². The van der Waals surface area contributed by atoms with Gasteiger partial charge in [-0.1, -0.05) is 6.07 Å². The fraction of sp³-hybridized carbons (Fsp3) is 0.500. The summed E-state index contributed by atoms with van der Waals surface area (Å²) in [5.74, 6) is -0.994. The number of nitrogens with zero attached hydrogens (tertiary/aromatic N) is 1. The summed E-state index contributed by atoms with van der Waals surface area (Å²) in [6, 6.07) is 4.04. The van der Waals surface area contributed by atoms with Gasteiger partial charge in [-0.05, 0) is 31.0 Å². The zero-order valence-corrected chi connectivity index (χ0v) is 10.5. The Labute approximate surface area is 110 Å². The Morgan fingerprint density at radius 2 is 2.05 bits per heavy atom. The van der Waals surface area contributed by atoms with E-state index in [9.17, 15) is 13.6 Å². The van der Waals surface area contributed by atoms with Crippen LogP contribution in [0.15, 0.2) is 18.2 Å². The summed E-state index contributed by atoms with van der Waals surface area (Å²) in [6.07, 6.45) is 0.875. The van der Waals surface area contributed by atoms with E-state index in [1.54, 1.807) is 4.90 Å². The molecular formula is C14H16F2N2O. The number of benzene rings is 1.